The molecule has 1 aliphatic rings. The van der Waals surface area contributed by atoms with Gasteiger partial charge in [0.1, 0.15) is 0 Å². The minimum atomic E-state index is -0.356. The number of fused-ring (bicyclic) bond motifs is 1. The van der Waals surface area contributed by atoms with Crippen molar-refractivity contribution in [1.29, 1.82) is 0 Å². The van der Waals surface area contributed by atoms with Crippen LogP contribution in [0.2, 0.25) is 0 Å². The molecule has 0 bridgehead atoms. The molecule has 0 saturated heterocycles. The summed E-state index contributed by atoms with van der Waals surface area (Å²) in [5.74, 6) is 0.693. The fraction of sp³-hybridized carbons (Fsp3) is 0.0952. The lowest BCUT2D eigenvalue weighted by molar-refractivity contribution is 0.0953. The molecule has 8 heteroatoms. The number of benzene rings is 2. The van der Waals surface area contributed by atoms with Gasteiger partial charge in [-0.2, -0.15) is 5.10 Å². The van der Waals surface area contributed by atoms with Crippen LogP contribution in [0.25, 0.3) is 0 Å². The first-order valence-electron chi connectivity index (χ1n) is 8.80. The Labute approximate surface area is 166 Å². The minimum absolute atomic E-state index is 0.148. The summed E-state index contributed by atoms with van der Waals surface area (Å²) in [6.07, 6.45) is 1.44. The zero-order valence-electron chi connectivity index (χ0n) is 15.5. The SMILES string of the molecule is C/C(=N\NC(=O)c1ccc2c(c1)OCO2)c1ccc(NC(=O)c2ccco2)cc1. The number of nitrogens with one attached hydrogen (secondary N) is 2. The number of amides is 2. The third kappa shape index (κ3) is 4.11. The second-order valence-electron chi connectivity index (χ2n) is 6.21. The minimum Gasteiger partial charge on any atom is -0.459 e. The van der Waals surface area contributed by atoms with Gasteiger partial charge in [-0.25, -0.2) is 5.43 Å². The molecule has 0 radical (unpaired) electrons. The quantitative estimate of drug-likeness (QED) is 0.513. The van der Waals surface area contributed by atoms with E-state index in [1.807, 2.05) is 0 Å². The van der Waals surface area contributed by atoms with Crippen LogP contribution in [0.3, 0.4) is 0 Å². The lowest BCUT2D eigenvalue weighted by atomic mass is 10.1. The number of anilines is 1. The third-order valence-corrected chi connectivity index (χ3v) is 4.27. The second kappa shape index (κ2) is 7.89. The van der Waals surface area contributed by atoms with Crippen LogP contribution in [0.4, 0.5) is 5.69 Å². The molecule has 2 heterocycles. The van der Waals surface area contributed by atoms with E-state index in [1.54, 1.807) is 61.5 Å². The Balaban J connectivity index is 1.38. The Hall–Kier alpha value is -4.07. The maximum atomic E-state index is 12.3. The molecule has 0 fully saturated rings. The molecule has 0 atom stereocenters. The van der Waals surface area contributed by atoms with Crippen molar-refractivity contribution in [2.24, 2.45) is 5.10 Å². The molecule has 8 nitrogen and oxygen atoms in total. The molecule has 4 rings (SSSR count). The van der Waals surface area contributed by atoms with Gasteiger partial charge < -0.3 is 19.2 Å². The number of nitrogens with zero attached hydrogens (tertiary/aromatic N) is 1. The third-order valence-electron chi connectivity index (χ3n) is 4.27. The molecule has 2 amide bonds. The molecule has 146 valence electrons. The van der Waals surface area contributed by atoms with Gasteiger partial charge in [-0.05, 0) is 55.0 Å². The first-order chi connectivity index (χ1) is 14.1. The molecule has 2 N–H and O–H groups in total. The van der Waals surface area contributed by atoms with Crippen LogP contribution >= 0.6 is 0 Å². The highest BCUT2D eigenvalue weighted by molar-refractivity contribution is 6.03. The molecule has 1 aliphatic heterocycles. The van der Waals surface area contributed by atoms with E-state index < -0.39 is 0 Å². The number of hydrazone groups is 1. The van der Waals surface area contributed by atoms with Crippen molar-refractivity contribution in [1.82, 2.24) is 5.43 Å². The zero-order chi connectivity index (χ0) is 20.2. The molecular formula is C21H17N3O5. The maximum absolute atomic E-state index is 12.3. The number of rotatable bonds is 5. The number of hydrogen-bond donors (Lipinski definition) is 2. The number of furan rings is 1. The number of carbonyl (C=O) groups is 2. The normalized spacial score (nSPS) is 12.5. The fourth-order valence-corrected chi connectivity index (χ4v) is 2.70. The molecule has 29 heavy (non-hydrogen) atoms. The zero-order valence-corrected chi connectivity index (χ0v) is 15.5. The summed E-state index contributed by atoms with van der Waals surface area (Å²) in [5.41, 5.74) is 4.97. The van der Waals surface area contributed by atoms with E-state index in [1.165, 1.54) is 6.26 Å². The van der Waals surface area contributed by atoms with Crippen LogP contribution in [-0.2, 0) is 0 Å². The van der Waals surface area contributed by atoms with Crippen LogP contribution in [-0.4, -0.2) is 24.3 Å². The van der Waals surface area contributed by atoms with Crippen molar-refractivity contribution in [2.45, 2.75) is 6.92 Å². The average molecular weight is 391 g/mol. The highest BCUT2D eigenvalue weighted by Crippen LogP contribution is 2.32. The standard InChI is InChI=1S/C21H17N3O5/c1-13(23-24-20(25)15-6-9-17-19(11-15)29-12-28-17)14-4-7-16(8-5-14)22-21(26)18-3-2-10-27-18/h2-11H,12H2,1H3,(H,22,26)(H,24,25)/b23-13+. The van der Waals surface area contributed by atoms with E-state index in [9.17, 15) is 9.59 Å². The molecule has 0 spiro atoms. The van der Waals surface area contributed by atoms with Crippen molar-refractivity contribution in [2.75, 3.05) is 12.1 Å². The van der Waals surface area contributed by atoms with E-state index in [4.69, 9.17) is 13.9 Å². The van der Waals surface area contributed by atoms with Gasteiger partial charge in [0.15, 0.2) is 17.3 Å². The molecule has 0 unspecified atom stereocenters. The Morgan fingerprint density at radius 3 is 2.45 bits per heavy atom. The lowest BCUT2D eigenvalue weighted by Crippen LogP contribution is -2.19. The van der Waals surface area contributed by atoms with Gasteiger partial charge in [0.25, 0.3) is 11.8 Å². The van der Waals surface area contributed by atoms with Gasteiger partial charge in [0.2, 0.25) is 6.79 Å². The molecule has 0 saturated carbocycles. The van der Waals surface area contributed by atoms with Gasteiger partial charge in [-0.15, -0.1) is 0 Å². The summed E-state index contributed by atoms with van der Waals surface area (Å²) >= 11 is 0. The molecule has 1 aromatic heterocycles. The van der Waals surface area contributed by atoms with Crippen molar-refractivity contribution in [3.05, 3.63) is 77.7 Å². The van der Waals surface area contributed by atoms with Gasteiger partial charge in [0.05, 0.1) is 12.0 Å². The Bertz CT molecular complexity index is 1070. The van der Waals surface area contributed by atoms with Crippen LogP contribution in [0.5, 0.6) is 11.5 Å². The monoisotopic (exact) mass is 391 g/mol. The van der Waals surface area contributed by atoms with Gasteiger partial charge in [0, 0.05) is 11.3 Å². The molecule has 3 aromatic rings. The first kappa shape index (κ1) is 18.3. The predicted molar refractivity (Wildman–Crippen MR) is 105 cm³/mol. The maximum Gasteiger partial charge on any atom is 0.291 e. The van der Waals surface area contributed by atoms with Crippen LogP contribution in [0.1, 0.15) is 33.4 Å². The highest BCUT2D eigenvalue weighted by Gasteiger charge is 2.16. The molecule has 2 aromatic carbocycles. The van der Waals surface area contributed by atoms with Crippen molar-refractivity contribution in [3.8, 4) is 11.5 Å². The predicted octanol–water partition coefficient (Wildman–Crippen LogP) is 3.41. The van der Waals surface area contributed by atoms with Gasteiger partial charge >= 0.3 is 0 Å². The van der Waals surface area contributed by atoms with Gasteiger partial charge in [-0.3, -0.25) is 9.59 Å². The van der Waals surface area contributed by atoms with Crippen molar-refractivity contribution < 1.29 is 23.5 Å². The summed E-state index contributed by atoms with van der Waals surface area (Å²) < 4.78 is 15.6. The van der Waals surface area contributed by atoms with Gasteiger partial charge in [-0.1, -0.05) is 12.1 Å². The van der Waals surface area contributed by atoms with E-state index >= 15 is 0 Å². The summed E-state index contributed by atoms with van der Waals surface area (Å²) in [5, 5.41) is 6.88. The van der Waals surface area contributed by atoms with E-state index in [2.05, 4.69) is 15.8 Å². The average Bonchev–Trinajstić information content (AvgIpc) is 3.43. The molecular weight excluding hydrogens is 374 g/mol. The first-order valence-corrected chi connectivity index (χ1v) is 8.80. The Morgan fingerprint density at radius 2 is 1.69 bits per heavy atom. The summed E-state index contributed by atoms with van der Waals surface area (Å²) in [4.78, 5) is 24.3. The fourth-order valence-electron chi connectivity index (χ4n) is 2.70. The smallest absolute Gasteiger partial charge is 0.291 e. The van der Waals surface area contributed by atoms with Crippen molar-refractivity contribution >= 4 is 23.2 Å². The Kier molecular flexibility index (Phi) is 4.98. The van der Waals surface area contributed by atoms with Crippen LogP contribution in [0.15, 0.2) is 70.4 Å². The number of ether oxygens (including phenoxy) is 2. The van der Waals surface area contributed by atoms with E-state index in [0.29, 0.717) is 28.5 Å². The van der Waals surface area contributed by atoms with E-state index in [-0.39, 0.29) is 24.4 Å². The highest BCUT2D eigenvalue weighted by atomic mass is 16.7. The summed E-state index contributed by atoms with van der Waals surface area (Å²) in [6.45, 7) is 1.92. The largest absolute Gasteiger partial charge is 0.459 e. The summed E-state index contributed by atoms with van der Waals surface area (Å²) in [6, 6.07) is 15.3. The summed E-state index contributed by atoms with van der Waals surface area (Å²) in [7, 11) is 0. The Morgan fingerprint density at radius 1 is 0.931 bits per heavy atom. The van der Waals surface area contributed by atoms with Crippen LogP contribution in [0, 0.1) is 0 Å². The van der Waals surface area contributed by atoms with E-state index in [0.717, 1.165) is 5.56 Å². The van der Waals surface area contributed by atoms with Crippen LogP contribution < -0.4 is 20.2 Å². The topological polar surface area (TPSA) is 102 Å². The number of hydrogen-bond acceptors (Lipinski definition) is 6. The molecule has 0 aliphatic carbocycles. The second-order valence-corrected chi connectivity index (χ2v) is 6.21. The van der Waals surface area contributed by atoms with Crippen molar-refractivity contribution in [3.63, 3.8) is 0 Å². The number of carbonyl (C=O) groups excluding carboxylic acids is 2. The lowest BCUT2D eigenvalue weighted by Gasteiger charge is -2.06.